The second kappa shape index (κ2) is 4.74. The molecule has 3 atom stereocenters. The van der Waals surface area contributed by atoms with Crippen LogP contribution in [0, 0.1) is 17.3 Å². The summed E-state index contributed by atoms with van der Waals surface area (Å²) in [6.07, 6.45) is 1.60. The Bertz CT molecular complexity index is 258. The van der Waals surface area contributed by atoms with E-state index in [1.807, 2.05) is 13.8 Å². The highest BCUT2D eigenvalue weighted by molar-refractivity contribution is 5.71. The number of ether oxygens (including phenoxy) is 1. The highest BCUT2D eigenvalue weighted by atomic mass is 16.5. The van der Waals surface area contributed by atoms with Crippen molar-refractivity contribution in [1.29, 1.82) is 0 Å². The standard InChI is InChI=1S/C13H24O3/c1-6-13(4,5)10-7-9(12(14)15)11(16-10)8(2)3/h8-11H,6-7H2,1-5H3,(H,14,15). The molecule has 1 heterocycles. The lowest BCUT2D eigenvalue weighted by Gasteiger charge is -2.30. The van der Waals surface area contributed by atoms with E-state index < -0.39 is 5.97 Å². The molecule has 1 aliphatic heterocycles. The lowest BCUT2D eigenvalue weighted by molar-refractivity contribution is -0.144. The first-order chi connectivity index (χ1) is 7.29. The van der Waals surface area contributed by atoms with Gasteiger partial charge in [0.15, 0.2) is 0 Å². The van der Waals surface area contributed by atoms with E-state index in [-0.39, 0.29) is 29.5 Å². The third-order valence-corrected chi connectivity index (χ3v) is 3.94. The summed E-state index contributed by atoms with van der Waals surface area (Å²) >= 11 is 0. The van der Waals surface area contributed by atoms with Crippen molar-refractivity contribution in [3.8, 4) is 0 Å². The summed E-state index contributed by atoms with van der Waals surface area (Å²) in [7, 11) is 0. The largest absolute Gasteiger partial charge is 0.481 e. The van der Waals surface area contributed by atoms with Crippen molar-refractivity contribution < 1.29 is 14.6 Å². The average Bonchev–Trinajstić information content (AvgIpc) is 2.62. The highest BCUT2D eigenvalue weighted by Crippen LogP contribution is 2.41. The number of carboxylic acid groups (broad SMARTS) is 1. The third kappa shape index (κ3) is 2.57. The van der Waals surface area contributed by atoms with Crippen LogP contribution < -0.4 is 0 Å². The number of carboxylic acids is 1. The van der Waals surface area contributed by atoms with Crippen molar-refractivity contribution in [3.05, 3.63) is 0 Å². The molecule has 0 amide bonds. The normalized spacial score (nSPS) is 31.0. The van der Waals surface area contributed by atoms with Crippen LogP contribution in [0.25, 0.3) is 0 Å². The number of hydrogen-bond donors (Lipinski definition) is 1. The lowest BCUT2D eigenvalue weighted by Crippen LogP contribution is -2.30. The minimum absolute atomic E-state index is 0.0668. The third-order valence-electron chi connectivity index (χ3n) is 3.94. The van der Waals surface area contributed by atoms with Gasteiger partial charge in [0, 0.05) is 0 Å². The lowest BCUT2D eigenvalue weighted by atomic mass is 9.80. The summed E-state index contributed by atoms with van der Waals surface area (Å²) < 4.78 is 5.97. The number of rotatable bonds is 4. The molecular formula is C13H24O3. The van der Waals surface area contributed by atoms with E-state index in [9.17, 15) is 9.90 Å². The molecule has 1 aliphatic rings. The van der Waals surface area contributed by atoms with Crippen LogP contribution in [0.2, 0.25) is 0 Å². The Balaban J connectivity index is 2.80. The molecule has 0 radical (unpaired) electrons. The van der Waals surface area contributed by atoms with E-state index in [1.165, 1.54) is 0 Å². The molecule has 3 heteroatoms. The van der Waals surface area contributed by atoms with Crippen molar-refractivity contribution in [2.45, 2.75) is 59.7 Å². The van der Waals surface area contributed by atoms with Crippen LogP contribution in [-0.2, 0) is 9.53 Å². The van der Waals surface area contributed by atoms with Crippen LogP contribution in [0.3, 0.4) is 0 Å². The van der Waals surface area contributed by atoms with Gasteiger partial charge in [0.25, 0.3) is 0 Å². The smallest absolute Gasteiger partial charge is 0.309 e. The molecule has 0 aromatic rings. The van der Waals surface area contributed by atoms with Crippen LogP contribution in [-0.4, -0.2) is 23.3 Å². The molecule has 94 valence electrons. The topological polar surface area (TPSA) is 46.5 Å². The fraction of sp³-hybridized carbons (Fsp3) is 0.923. The fourth-order valence-corrected chi connectivity index (χ4v) is 2.30. The van der Waals surface area contributed by atoms with Gasteiger partial charge >= 0.3 is 5.97 Å². The second-order valence-corrected chi connectivity index (χ2v) is 5.86. The van der Waals surface area contributed by atoms with Crippen LogP contribution in [0.5, 0.6) is 0 Å². The van der Waals surface area contributed by atoms with Gasteiger partial charge in [-0.2, -0.15) is 0 Å². The van der Waals surface area contributed by atoms with Crippen molar-refractivity contribution in [3.63, 3.8) is 0 Å². The zero-order valence-corrected chi connectivity index (χ0v) is 11.0. The van der Waals surface area contributed by atoms with E-state index in [0.29, 0.717) is 6.42 Å². The Kier molecular flexibility index (Phi) is 4.00. The minimum atomic E-state index is -0.715. The highest BCUT2D eigenvalue weighted by Gasteiger charge is 2.46. The summed E-state index contributed by atoms with van der Waals surface area (Å²) in [5.74, 6) is -0.789. The number of carbonyl (C=O) groups is 1. The first-order valence-corrected chi connectivity index (χ1v) is 6.18. The van der Waals surface area contributed by atoms with Gasteiger partial charge in [-0.1, -0.05) is 34.6 Å². The maximum atomic E-state index is 11.2. The Morgan fingerprint density at radius 2 is 2.06 bits per heavy atom. The fourth-order valence-electron chi connectivity index (χ4n) is 2.30. The maximum absolute atomic E-state index is 11.2. The van der Waals surface area contributed by atoms with Crippen molar-refractivity contribution in [2.75, 3.05) is 0 Å². The quantitative estimate of drug-likeness (QED) is 0.804. The van der Waals surface area contributed by atoms with Gasteiger partial charge in [0.1, 0.15) is 0 Å². The Morgan fingerprint density at radius 1 is 1.50 bits per heavy atom. The van der Waals surface area contributed by atoms with Gasteiger partial charge in [0.05, 0.1) is 18.1 Å². The Labute approximate surface area is 98.2 Å². The zero-order valence-electron chi connectivity index (χ0n) is 11.0. The van der Waals surface area contributed by atoms with E-state index in [2.05, 4.69) is 20.8 Å². The SMILES string of the molecule is CCC(C)(C)C1CC(C(=O)O)C(C(C)C)O1. The first kappa shape index (κ1) is 13.5. The van der Waals surface area contributed by atoms with E-state index >= 15 is 0 Å². The summed E-state index contributed by atoms with van der Waals surface area (Å²) in [6, 6.07) is 0. The number of hydrogen-bond acceptors (Lipinski definition) is 2. The van der Waals surface area contributed by atoms with Gasteiger partial charge in [-0.05, 0) is 24.2 Å². The van der Waals surface area contributed by atoms with Gasteiger partial charge in [0.2, 0.25) is 0 Å². The van der Waals surface area contributed by atoms with Gasteiger partial charge < -0.3 is 9.84 Å². The Morgan fingerprint density at radius 3 is 2.38 bits per heavy atom. The molecular weight excluding hydrogens is 204 g/mol. The molecule has 0 bridgehead atoms. The van der Waals surface area contributed by atoms with E-state index in [1.54, 1.807) is 0 Å². The van der Waals surface area contributed by atoms with E-state index in [0.717, 1.165) is 6.42 Å². The van der Waals surface area contributed by atoms with Crippen molar-refractivity contribution >= 4 is 5.97 Å². The van der Waals surface area contributed by atoms with Crippen LogP contribution in [0.1, 0.15) is 47.5 Å². The molecule has 16 heavy (non-hydrogen) atoms. The van der Waals surface area contributed by atoms with Crippen molar-refractivity contribution in [2.24, 2.45) is 17.3 Å². The summed E-state index contributed by atoms with van der Waals surface area (Å²) in [4.78, 5) is 11.2. The zero-order chi connectivity index (χ0) is 12.5. The van der Waals surface area contributed by atoms with Crippen LogP contribution in [0.4, 0.5) is 0 Å². The molecule has 1 saturated heterocycles. The maximum Gasteiger partial charge on any atom is 0.309 e. The number of aliphatic carboxylic acids is 1. The van der Waals surface area contributed by atoms with Crippen LogP contribution >= 0.6 is 0 Å². The molecule has 1 rings (SSSR count). The average molecular weight is 228 g/mol. The van der Waals surface area contributed by atoms with Crippen LogP contribution in [0.15, 0.2) is 0 Å². The van der Waals surface area contributed by atoms with Crippen molar-refractivity contribution in [1.82, 2.24) is 0 Å². The molecule has 0 aromatic carbocycles. The molecule has 3 unspecified atom stereocenters. The van der Waals surface area contributed by atoms with E-state index in [4.69, 9.17) is 4.74 Å². The predicted octanol–water partition coefficient (Wildman–Crippen LogP) is 2.94. The molecule has 0 aromatic heterocycles. The summed E-state index contributed by atoms with van der Waals surface area (Å²) in [5.41, 5.74) is 0.0668. The first-order valence-electron chi connectivity index (χ1n) is 6.18. The van der Waals surface area contributed by atoms with Gasteiger partial charge in [-0.3, -0.25) is 4.79 Å². The summed E-state index contributed by atoms with van der Waals surface area (Å²) in [5, 5.41) is 9.21. The second-order valence-electron chi connectivity index (χ2n) is 5.86. The molecule has 1 N–H and O–H groups in total. The molecule has 0 aliphatic carbocycles. The predicted molar refractivity (Wildman–Crippen MR) is 63.3 cm³/mol. The molecule has 1 fully saturated rings. The summed E-state index contributed by atoms with van der Waals surface area (Å²) in [6.45, 7) is 10.5. The Hall–Kier alpha value is -0.570. The van der Waals surface area contributed by atoms with Gasteiger partial charge in [-0.15, -0.1) is 0 Å². The van der Waals surface area contributed by atoms with Gasteiger partial charge in [-0.25, -0.2) is 0 Å². The molecule has 3 nitrogen and oxygen atoms in total. The monoisotopic (exact) mass is 228 g/mol. The molecule has 0 saturated carbocycles. The minimum Gasteiger partial charge on any atom is -0.481 e. The molecule has 0 spiro atoms.